The maximum atomic E-state index is 13.2. The molecule has 166 valence electrons. The maximum Gasteiger partial charge on any atom is 0.254 e. The molecular weight excluding hydrogens is 390 g/mol. The van der Waals surface area contributed by atoms with E-state index < -0.39 is 0 Å². The van der Waals surface area contributed by atoms with E-state index in [1.165, 1.54) is 5.56 Å². The fourth-order valence-electron chi connectivity index (χ4n) is 4.99. The van der Waals surface area contributed by atoms with Gasteiger partial charge in [-0.25, -0.2) is 0 Å². The predicted molar refractivity (Wildman–Crippen MR) is 120 cm³/mol. The standard InChI is InChI=1S/C26H33NO4/c1-3-30-22-17-24(20-9-5-4-6-10-20)31-26(18-22)13-15-27(16-14-26)25(28)23-12-8-7-11-21(23)19-29-2/h4-12,22,24H,3,13-19H2,1-2H3. The third-order valence-corrected chi connectivity index (χ3v) is 6.55. The first-order chi connectivity index (χ1) is 15.1. The first-order valence-corrected chi connectivity index (χ1v) is 11.3. The highest BCUT2D eigenvalue weighted by Crippen LogP contribution is 2.44. The number of carbonyl (C=O) groups is 1. The molecule has 5 heteroatoms. The number of benzene rings is 2. The molecule has 2 saturated heterocycles. The Labute approximate surface area is 185 Å². The van der Waals surface area contributed by atoms with Crippen LogP contribution in [0, 0.1) is 0 Å². The molecule has 2 aliphatic rings. The van der Waals surface area contributed by atoms with Crippen LogP contribution < -0.4 is 0 Å². The van der Waals surface area contributed by atoms with Crippen LogP contribution in [0.5, 0.6) is 0 Å². The highest BCUT2D eigenvalue weighted by Gasteiger charge is 2.45. The van der Waals surface area contributed by atoms with Gasteiger partial charge in [-0.15, -0.1) is 0 Å². The molecule has 5 nitrogen and oxygen atoms in total. The summed E-state index contributed by atoms with van der Waals surface area (Å²) < 4.78 is 18.1. The van der Waals surface area contributed by atoms with Gasteiger partial charge >= 0.3 is 0 Å². The summed E-state index contributed by atoms with van der Waals surface area (Å²) in [5.41, 5.74) is 2.64. The van der Waals surface area contributed by atoms with Gasteiger partial charge in [-0.1, -0.05) is 48.5 Å². The molecule has 2 fully saturated rings. The first kappa shape index (κ1) is 22.0. The lowest BCUT2D eigenvalue weighted by molar-refractivity contribution is -0.190. The number of hydrogen-bond acceptors (Lipinski definition) is 4. The van der Waals surface area contributed by atoms with Crippen LogP contribution in [0.15, 0.2) is 54.6 Å². The fourth-order valence-corrected chi connectivity index (χ4v) is 4.99. The molecule has 2 aromatic rings. The lowest BCUT2D eigenvalue weighted by Crippen LogP contribution is -2.52. The summed E-state index contributed by atoms with van der Waals surface area (Å²) in [6, 6.07) is 18.2. The third kappa shape index (κ3) is 5.00. The molecule has 2 aliphatic heterocycles. The van der Waals surface area contributed by atoms with Gasteiger partial charge < -0.3 is 19.1 Å². The Morgan fingerprint density at radius 1 is 1.10 bits per heavy atom. The van der Waals surface area contributed by atoms with Crippen molar-refractivity contribution in [3.05, 3.63) is 71.3 Å². The Morgan fingerprint density at radius 2 is 1.81 bits per heavy atom. The molecule has 0 bridgehead atoms. The average molecular weight is 424 g/mol. The molecule has 0 aliphatic carbocycles. The van der Waals surface area contributed by atoms with E-state index in [9.17, 15) is 4.79 Å². The summed E-state index contributed by atoms with van der Waals surface area (Å²) in [6.07, 6.45) is 3.67. The zero-order chi connectivity index (χ0) is 21.7. The molecule has 31 heavy (non-hydrogen) atoms. The van der Waals surface area contributed by atoms with Crippen molar-refractivity contribution in [3.8, 4) is 0 Å². The molecule has 0 N–H and O–H groups in total. The summed E-state index contributed by atoms with van der Waals surface area (Å²) in [4.78, 5) is 15.2. The fraction of sp³-hybridized carbons (Fsp3) is 0.500. The van der Waals surface area contributed by atoms with Crippen molar-refractivity contribution in [2.45, 2.75) is 57.0 Å². The lowest BCUT2D eigenvalue weighted by Gasteiger charge is -2.49. The number of methoxy groups -OCH3 is 1. The van der Waals surface area contributed by atoms with E-state index in [0.717, 1.165) is 36.8 Å². The Morgan fingerprint density at radius 3 is 2.52 bits per heavy atom. The Bertz CT molecular complexity index is 861. The van der Waals surface area contributed by atoms with Crippen LogP contribution >= 0.6 is 0 Å². The van der Waals surface area contributed by atoms with Crippen molar-refractivity contribution in [2.24, 2.45) is 0 Å². The van der Waals surface area contributed by atoms with E-state index in [0.29, 0.717) is 26.3 Å². The van der Waals surface area contributed by atoms with Crippen molar-refractivity contribution in [1.82, 2.24) is 4.90 Å². The van der Waals surface area contributed by atoms with Gasteiger partial charge in [0, 0.05) is 45.2 Å². The summed E-state index contributed by atoms with van der Waals surface area (Å²) in [7, 11) is 1.66. The molecule has 2 heterocycles. The van der Waals surface area contributed by atoms with Gasteiger partial charge in [0.05, 0.1) is 24.4 Å². The zero-order valence-electron chi connectivity index (χ0n) is 18.6. The SMILES string of the molecule is CCOC1CC(c2ccccc2)OC2(CCN(C(=O)c3ccccc3COC)CC2)C1. The van der Waals surface area contributed by atoms with Gasteiger partial charge in [0.2, 0.25) is 0 Å². The molecule has 1 amide bonds. The van der Waals surface area contributed by atoms with E-state index in [1.54, 1.807) is 7.11 Å². The van der Waals surface area contributed by atoms with Crippen LogP contribution in [0.3, 0.4) is 0 Å². The van der Waals surface area contributed by atoms with Crippen LogP contribution in [0.1, 0.15) is 60.2 Å². The number of ether oxygens (including phenoxy) is 3. The van der Waals surface area contributed by atoms with Gasteiger partial charge in [0.15, 0.2) is 0 Å². The second-order valence-electron chi connectivity index (χ2n) is 8.60. The van der Waals surface area contributed by atoms with E-state index >= 15 is 0 Å². The van der Waals surface area contributed by atoms with Crippen molar-refractivity contribution in [2.75, 3.05) is 26.8 Å². The third-order valence-electron chi connectivity index (χ3n) is 6.55. The lowest BCUT2D eigenvalue weighted by atomic mass is 9.80. The van der Waals surface area contributed by atoms with Crippen LogP contribution in [0.4, 0.5) is 0 Å². The van der Waals surface area contributed by atoms with Gasteiger partial charge in [-0.3, -0.25) is 4.79 Å². The minimum atomic E-state index is -0.235. The van der Waals surface area contributed by atoms with E-state index in [4.69, 9.17) is 14.2 Å². The predicted octanol–water partition coefficient (Wildman–Crippen LogP) is 4.76. The topological polar surface area (TPSA) is 48.0 Å². The second-order valence-corrected chi connectivity index (χ2v) is 8.60. The molecule has 0 radical (unpaired) electrons. The molecular formula is C26H33NO4. The minimum Gasteiger partial charge on any atom is -0.380 e. The Kier molecular flexibility index (Phi) is 7.06. The van der Waals surface area contributed by atoms with E-state index in [-0.39, 0.29) is 23.7 Å². The van der Waals surface area contributed by atoms with Crippen LogP contribution in [0.25, 0.3) is 0 Å². The van der Waals surface area contributed by atoms with Crippen LogP contribution in [-0.4, -0.2) is 49.3 Å². The molecule has 2 atom stereocenters. The number of likely N-dealkylation sites (tertiary alicyclic amines) is 1. The smallest absolute Gasteiger partial charge is 0.254 e. The van der Waals surface area contributed by atoms with E-state index in [2.05, 4.69) is 31.2 Å². The summed E-state index contributed by atoms with van der Waals surface area (Å²) in [6.45, 7) is 4.60. The average Bonchev–Trinajstić information content (AvgIpc) is 2.80. The Balaban J connectivity index is 1.47. The molecule has 0 saturated carbocycles. The number of nitrogens with zero attached hydrogens (tertiary/aromatic N) is 1. The number of rotatable bonds is 6. The zero-order valence-corrected chi connectivity index (χ0v) is 18.6. The van der Waals surface area contributed by atoms with Gasteiger partial charge in [-0.05, 0) is 37.0 Å². The molecule has 1 spiro atoms. The molecule has 2 aromatic carbocycles. The highest BCUT2D eigenvalue weighted by atomic mass is 16.5. The highest BCUT2D eigenvalue weighted by molar-refractivity contribution is 5.95. The monoisotopic (exact) mass is 423 g/mol. The summed E-state index contributed by atoms with van der Waals surface area (Å²) in [5.74, 6) is 0.0827. The van der Waals surface area contributed by atoms with Crippen molar-refractivity contribution in [1.29, 1.82) is 0 Å². The number of piperidine rings is 1. The van der Waals surface area contributed by atoms with E-state index in [1.807, 2.05) is 35.2 Å². The van der Waals surface area contributed by atoms with Gasteiger partial charge in [0.1, 0.15) is 0 Å². The van der Waals surface area contributed by atoms with Crippen molar-refractivity contribution >= 4 is 5.91 Å². The van der Waals surface area contributed by atoms with Gasteiger partial charge in [-0.2, -0.15) is 0 Å². The second kappa shape index (κ2) is 9.94. The largest absolute Gasteiger partial charge is 0.380 e. The Hall–Kier alpha value is -2.21. The first-order valence-electron chi connectivity index (χ1n) is 11.3. The normalized spacial score (nSPS) is 23.1. The van der Waals surface area contributed by atoms with Crippen LogP contribution in [0.2, 0.25) is 0 Å². The van der Waals surface area contributed by atoms with Gasteiger partial charge in [0.25, 0.3) is 5.91 Å². The van der Waals surface area contributed by atoms with Crippen molar-refractivity contribution in [3.63, 3.8) is 0 Å². The molecule has 2 unspecified atom stereocenters. The maximum absolute atomic E-state index is 13.2. The summed E-state index contributed by atoms with van der Waals surface area (Å²) >= 11 is 0. The molecule has 4 rings (SSSR count). The number of hydrogen-bond donors (Lipinski definition) is 0. The number of amides is 1. The number of carbonyl (C=O) groups excluding carboxylic acids is 1. The van der Waals surface area contributed by atoms with Crippen molar-refractivity contribution < 1.29 is 19.0 Å². The quantitative estimate of drug-likeness (QED) is 0.672. The minimum absolute atomic E-state index is 0.0381. The molecule has 0 aromatic heterocycles. The summed E-state index contributed by atoms with van der Waals surface area (Å²) in [5, 5.41) is 0. The van der Waals surface area contributed by atoms with Crippen LogP contribution in [-0.2, 0) is 20.8 Å².